The molecule has 0 saturated heterocycles. The number of benzene rings is 1. The molecule has 2 rings (SSSR count). The summed E-state index contributed by atoms with van der Waals surface area (Å²) in [6.07, 6.45) is 2.17. The summed E-state index contributed by atoms with van der Waals surface area (Å²) in [6.45, 7) is 2.85. The van der Waals surface area contributed by atoms with Crippen LogP contribution in [0, 0.1) is 0 Å². The van der Waals surface area contributed by atoms with Gasteiger partial charge in [-0.3, -0.25) is 0 Å². The molecule has 1 aromatic heterocycles. The minimum Gasteiger partial charge on any atom is -0.462 e. The third-order valence-corrected chi connectivity index (χ3v) is 3.21. The molecule has 1 heterocycles. The molecule has 19 heavy (non-hydrogen) atoms. The fraction of sp³-hybridized carbons (Fsp3) is 0.375. The van der Waals surface area contributed by atoms with Crippen LogP contribution in [-0.2, 0) is 19.6 Å². The number of aliphatic hydroxyl groups is 1. The molecule has 102 valence electrons. The second-order valence-electron chi connectivity index (χ2n) is 4.83. The normalized spacial score (nSPS) is 12.5. The average molecular weight is 259 g/mol. The molecule has 0 aliphatic carbocycles. The zero-order chi connectivity index (χ0) is 13.5. The highest BCUT2D eigenvalue weighted by atomic mass is 16.4. The minimum absolute atomic E-state index is 0.0381. The summed E-state index contributed by atoms with van der Waals surface area (Å²) in [5.74, 6) is 1.49. The van der Waals surface area contributed by atoms with Crippen molar-refractivity contribution in [2.75, 3.05) is 0 Å². The van der Waals surface area contributed by atoms with Crippen LogP contribution in [0.25, 0.3) is 0 Å². The Bertz CT molecular complexity index is 479. The van der Waals surface area contributed by atoms with Crippen molar-refractivity contribution in [3.63, 3.8) is 0 Å². The molecule has 0 bridgehead atoms. The van der Waals surface area contributed by atoms with Gasteiger partial charge in [0.05, 0.1) is 6.54 Å². The molecule has 1 atom stereocenters. The topological polar surface area (TPSA) is 45.4 Å². The van der Waals surface area contributed by atoms with Gasteiger partial charge in [-0.05, 0) is 37.5 Å². The van der Waals surface area contributed by atoms with E-state index < -0.39 is 0 Å². The van der Waals surface area contributed by atoms with E-state index >= 15 is 0 Å². The zero-order valence-corrected chi connectivity index (χ0v) is 11.3. The van der Waals surface area contributed by atoms with Crippen molar-refractivity contribution >= 4 is 0 Å². The Balaban J connectivity index is 1.71. The summed E-state index contributed by atoms with van der Waals surface area (Å²) >= 11 is 0. The smallest absolute Gasteiger partial charge is 0.129 e. The van der Waals surface area contributed by atoms with Crippen molar-refractivity contribution in [2.24, 2.45) is 0 Å². The molecule has 0 aliphatic heterocycles. The van der Waals surface area contributed by atoms with Crippen LogP contribution in [0.15, 0.2) is 46.9 Å². The molecule has 0 spiro atoms. The van der Waals surface area contributed by atoms with E-state index in [0.717, 1.165) is 18.6 Å². The van der Waals surface area contributed by atoms with E-state index in [1.165, 1.54) is 5.56 Å². The van der Waals surface area contributed by atoms with Gasteiger partial charge in [0.2, 0.25) is 0 Å². The van der Waals surface area contributed by atoms with Gasteiger partial charge < -0.3 is 14.8 Å². The van der Waals surface area contributed by atoms with Gasteiger partial charge in [-0.1, -0.05) is 30.3 Å². The Labute approximate surface area is 114 Å². The first-order valence-electron chi connectivity index (χ1n) is 6.73. The Morgan fingerprint density at radius 2 is 1.84 bits per heavy atom. The highest BCUT2D eigenvalue weighted by molar-refractivity contribution is 5.14. The van der Waals surface area contributed by atoms with Crippen LogP contribution in [0.3, 0.4) is 0 Å². The molecule has 0 radical (unpaired) electrons. The molecule has 0 fully saturated rings. The summed E-state index contributed by atoms with van der Waals surface area (Å²) in [4.78, 5) is 0. The number of aliphatic hydroxyl groups excluding tert-OH is 1. The Morgan fingerprint density at radius 1 is 1.11 bits per heavy atom. The monoisotopic (exact) mass is 259 g/mol. The third-order valence-electron chi connectivity index (χ3n) is 3.21. The molecular weight excluding hydrogens is 238 g/mol. The molecule has 0 aliphatic rings. The summed E-state index contributed by atoms with van der Waals surface area (Å²) in [5, 5.41) is 12.4. The first kappa shape index (κ1) is 13.8. The van der Waals surface area contributed by atoms with E-state index in [9.17, 15) is 0 Å². The average Bonchev–Trinajstić information content (AvgIpc) is 2.92. The van der Waals surface area contributed by atoms with Crippen LogP contribution in [0.1, 0.15) is 30.4 Å². The van der Waals surface area contributed by atoms with Crippen LogP contribution in [-0.4, -0.2) is 11.1 Å². The predicted molar refractivity (Wildman–Crippen MR) is 75.7 cm³/mol. The lowest BCUT2D eigenvalue weighted by molar-refractivity contribution is 0.242. The van der Waals surface area contributed by atoms with E-state index in [1.54, 1.807) is 0 Å². The molecule has 2 N–H and O–H groups in total. The van der Waals surface area contributed by atoms with E-state index in [4.69, 9.17) is 9.52 Å². The predicted octanol–water partition coefficient (Wildman–Crippen LogP) is 2.88. The van der Waals surface area contributed by atoms with Crippen LogP contribution < -0.4 is 5.32 Å². The van der Waals surface area contributed by atoms with Gasteiger partial charge in [0.25, 0.3) is 0 Å². The van der Waals surface area contributed by atoms with Crippen LogP contribution in [0.2, 0.25) is 0 Å². The quantitative estimate of drug-likeness (QED) is 0.803. The molecule has 1 aromatic carbocycles. The van der Waals surface area contributed by atoms with Gasteiger partial charge in [0.1, 0.15) is 18.1 Å². The van der Waals surface area contributed by atoms with Crippen molar-refractivity contribution in [3.05, 3.63) is 59.5 Å². The maximum Gasteiger partial charge on any atom is 0.129 e. The molecule has 1 unspecified atom stereocenters. The van der Waals surface area contributed by atoms with Gasteiger partial charge in [0, 0.05) is 6.04 Å². The van der Waals surface area contributed by atoms with Crippen LogP contribution >= 0.6 is 0 Å². The lowest BCUT2D eigenvalue weighted by atomic mass is 10.1. The largest absolute Gasteiger partial charge is 0.462 e. The zero-order valence-electron chi connectivity index (χ0n) is 11.3. The molecule has 3 nitrogen and oxygen atoms in total. The molecule has 3 heteroatoms. The van der Waals surface area contributed by atoms with E-state index in [-0.39, 0.29) is 6.61 Å². The summed E-state index contributed by atoms with van der Waals surface area (Å²) in [6, 6.07) is 14.7. The first-order chi connectivity index (χ1) is 9.28. The second kappa shape index (κ2) is 7.12. The molecule has 0 amide bonds. The summed E-state index contributed by atoms with van der Waals surface area (Å²) < 4.78 is 5.43. The number of nitrogens with one attached hydrogen (secondary N) is 1. The third kappa shape index (κ3) is 4.54. The van der Waals surface area contributed by atoms with Crippen LogP contribution in [0.4, 0.5) is 0 Å². The van der Waals surface area contributed by atoms with Gasteiger partial charge in [-0.2, -0.15) is 0 Å². The Kier molecular flexibility index (Phi) is 5.19. The van der Waals surface area contributed by atoms with Crippen LogP contribution in [0.5, 0.6) is 0 Å². The van der Waals surface area contributed by atoms with Gasteiger partial charge >= 0.3 is 0 Å². The fourth-order valence-corrected chi connectivity index (χ4v) is 2.01. The maximum atomic E-state index is 8.92. The SMILES string of the molecule is CC(CCc1ccccc1)NCc1ccc(CO)o1. The van der Waals surface area contributed by atoms with E-state index in [0.29, 0.717) is 18.3 Å². The standard InChI is InChI=1S/C16H21NO2/c1-13(7-8-14-5-3-2-4-6-14)17-11-15-9-10-16(12-18)19-15/h2-6,9-10,13,17-18H,7-8,11-12H2,1H3. The highest BCUT2D eigenvalue weighted by Crippen LogP contribution is 2.09. The lowest BCUT2D eigenvalue weighted by Gasteiger charge is -2.12. The maximum absolute atomic E-state index is 8.92. The molecule has 0 saturated carbocycles. The Hall–Kier alpha value is -1.58. The Morgan fingerprint density at radius 3 is 2.53 bits per heavy atom. The van der Waals surface area contributed by atoms with Gasteiger partial charge in [-0.25, -0.2) is 0 Å². The number of furan rings is 1. The number of aryl methyl sites for hydroxylation is 1. The van der Waals surface area contributed by atoms with Crippen molar-refractivity contribution in [1.29, 1.82) is 0 Å². The number of rotatable bonds is 7. The second-order valence-corrected chi connectivity index (χ2v) is 4.83. The first-order valence-corrected chi connectivity index (χ1v) is 6.73. The summed E-state index contributed by atoms with van der Waals surface area (Å²) in [5.41, 5.74) is 1.37. The van der Waals surface area contributed by atoms with Gasteiger partial charge in [-0.15, -0.1) is 0 Å². The van der Waals surface area contributed by atoms with E-state index in [2.05, 4.69) is 36.5 Å². The minimum atomic E-state index is -0.0381. The number of hydrogen-bond acceptors (Lipinski definition) is 3. The molecule has 2 aromatic rings. The van der Waals surface area contributed by atoms with Crippen molar-refractivity contribution in [2.45, 2.75) is 39.0 Å². The fourth-order valence-electron chi connectivity index (χ4n) is 2.01. The highest BCUT2D eigenvalue weighted by Gasteiger charge is 2.05. The van der Waals surface area contributed by atoms with Crippen molar-refractivity contribution in [1.82, 2.24) is 5.32 Å². The van der Waals surface area contributed by atoms with E-state index in [1.807, 2.05) is 18.2 Å². The number of hydrogen-bond donors (Lipinski definition) is 2. The summed E-state index contributed by atoms with van der Waals surface area (Å²) in [7, 11) is 0. The van der Waals surface area contributed by atoms with Crippen molar-refractivity contribution in [3.8, 4) is 0 Å². The van der Waals surface area contributed by atoms with Gasteiger partial charge in [0.15, 0.2) is 0 Å². The van der Waals surface area contributed by atoms with Crippen molar-refractivity contribution < 1.29 is 9.52 Å². The lowest BCUT2D eigenvalue weighted by Crippen LogP contribution is -2.25. The molecular formula is C16H21NO2.